The number of hydrogen-bond donors (Lipinski definition) is 1. The van der Waals surface area contributed by atoms with Crippen LogP contribution in [0.5, 0.6) is 17.2 Å². The van der Waals surface area contributed by atoms with Gasteiger partial charge in [-0.05, 0) is 43.7 Å². The summed E-state index contributed by atoms with van der Waals surface area (Å²) in [6, 6.07) is 12.8. The van der Waals surface area contributed by atoms with Crippen LogP contribution in [0, 0.1) is 6.92 Å². The number of aromatic hydroxyl groups is 1. The van der Waals surface area contributed by atoms with E-state index in [2.05, 4.69) is 5.16 Å². The summed E-state index contributed by atoms with van der Waals surface area (Å²) in [4.78, 5) is 0. The summed E-state index contributed by atoms with van der Waals surface area (Å²) in [6.45, 7) is 4.31. The minimum atomic E-state index is 0.0897. The minimum absolute atomic E-state index is 0.0897. The van der Waals surface area contributed by atoms with Crippen molar-refractivity contribution in [3.05, 3.63) is 48.2 Å². The van der Waals surface area contributed by atoms with E-state index in [1.165, 1.54) is 0 Å². The van der Waals surface area contributed by atoms with E-state index in [1.807, 2.05) is 38.1 Å². The predicted molar refractivity (Wildman–Crippen MR) is 91.5 cm³/mol. The maximum Gasteiger partial charge on any atom is 0.178 e. The maximum absolute atomic E-state index is 10.3. The minimum Gasteiger partial charge on any atom is -0.507 e. The Morgan fingerprint density at radius 2 is 1.79 bits per heavy atom. The number of aryl methyl sites for hydroxylation is 1. The fourth-order valence-corrected chi connectivity index (χ4v) is 2.61. The highest BCUT2D eigenvalue weighted by molar-refractivity contribution is 5.84. The average molecular weight is 325 g/mol. The molecule has 2 aromatic carbocycles. The van der Waals surface area contributed by atoms with Crippen molar-refractivity contribution in [1.29, 1.82) is 0 Å². The van der Waals surface area contributed by atoms with E-state index in [1.54, 1.807) is 25.3 Å². The third-order valence-electron chi connectivity index (χ3n) is 3.77. The Bertz CT molecular complexity index is 837. The van der Waals surface area contributed by atoms with Gasteiger partial charge in [-0.1, -0.05) is 17.3 Å². The van der Waals surface area contributed by atoms with Crippen LogP contribution < -0.4 is 9.47 Å². The van der Waals surface area contributed by atoms with Gasteiger partial charge < -0.3 is 19.1 Å². The fraction of sp³-hybridized carbons (Fsp3) is 0.211. The van der Waals surface area contributed by atoms with E-state index in [0.717, 1.165) is 22.6 Å². The lowest BCUT2D eigenvalue weighted by Gasteiger charge is -2.08. The van der Waals surface area contributed by atoms with Crippen LogP contribution in [0.2, 0.25) is 0 Å². The van der Waals surface area contributed by atoms with Crippen molar-refractivity contribution in [3.8, 4) is 39.7 Å². The summed E-state index contributed by atoms with van der Waals surface area (Å²) in [5.41, 5.74) is 3.11. The van der Waals surface area contributed by atoms with Gasteiger partial charge in [0.15, 0.2) is 5.76 Å². The van der Waals surface area contributed by atoms with Crippen LogP contribution in [0.25, 0.3) is 22.5 Å². The third-order valence-corrected chi connectivity index (χ3v) is 3.77. The Labute approximate surface area is 140 Å². The van der Waals surface area contributed by atoms with Crippen LogP contribution in [0.1, 0.15) is 12.6 Å². The zero-order valence-electron chi connectivity index (χ0n) is 13.9. The van der Waals surface area contributed by atoms with E-state index in [4.69, 9.17) is 14.0 Å². The number of rotatable bonds is 5. The standard InChI is InChI=1S/C19H19NO4/c1-4-23-15-9-10-16(17(21)11-15)19-18(12(2)20-24-19)13-5-7-14(22-3)8-6-13/h5-11,21H,4H2,1-3H3. The predicted octanol–water partition coefficient (Wildman–Crippen LogP) is 4.43. The Morgan fingerprint density at radius 3 is 2.42 bits per heavy atom. The lowest BCUT2D eigenvalue weighted by molar-refractivity contribution is 0.337. The second kappa shape index (κ2) is 6.66. The van der Waals surface area contributed by atoms with Crippen molar-refractivity contribution in [2.75, 3.05) is 13.7 Å². The second-order valence-electron chi connectivity index (χ2n) is 5.31. The third kappa shape index (κ3) is 2.93. The molecule has 3 aromatic rings. The fourth-order valence-electron chi connectivity index (χ4n) is 2.61. The number of aromatic nitrogens is 1. The quantitative estimate of drug-likeness (QED) is 0.752. The summed E-state index contributed by atoms with van der Waals surface area (Å²) in [5.74, 6) is 2.00. The second-order valence-corrected chi connectivity index (χ2v) is 5.31. The normalized spacial score (nSPS) is 10.6. The number of phenolic OH excluding ortho intramolecular Hbond substituents is 1. The highest BCUT2D eigenvalue weighted by atomic mass is 16.5. The first-order valence-electron chi connectivity index (χ1n) is 7.71. The van der Waals surface area contributed by atoms with Gasteiger partial charge in [-0.2, -0.15) is 0 Å². The summed E-state index contributed by atoms with van der Waals surface area (Å²) in [6.07, 6.45) is 0. The van der Waals surface area contributed by atoms with Gasteiger partial charge >= 0.3 is 0 Å². The molecule has 0 aliphatic carbocycles. The molecule has 1 N–H and O–H groups in total. The number of phenols is 1. The average Bonchev–Trinajstić information content (AvgIpc) is 2.97. The zero-order valence-corrected chi connectivity index (χ0v) is 13.9. The van der Waals surface area contributed by atoms with E-state index >= 15 is 0 Å². The topological polar surface area (TPSA) is 64.7 Å². The first-order chi connectivity index (χ1) is 11.6. The van der Waals surface area contributed by atoms with E-state index in [0.29, 0.717) is 23.7 Å². The summed E-state index contributed by atoms with van der Waals surface area (Å²) >= 11 is 0. The highest BCUT2D eigenvalue weighted by Gasteiger charge is 2.20. The Hall–Kier alpha value is -2.95. The maximum atomic E-state index is 10.3. The molecule has 0 unspecified atom stereocenters. The molecule has 0 spiro atoms. The van der Waals surface area contributed by atoms with Crippen LogP contribution in [0.15, 0.2) is 47.0 Å². The molecule has 0 radical (unpaired) electrons. The van der Waals surface area contributed by atoms with Gasteiger partial charge in [0.1, 0.15) is 17.2 Å². The van der Waals surface area contributed by atoms with Gasteiger partial charge in [0.2, 0.25) is 0 Å². The van der Waals surface area contributed by atoms with Crippen LogP contribution in [0.4, 0.5) is 0 Å². The smallest absolute Gasteiger partial charge is 0.178 e. The van der Waals surface area contributed by atoms with E-state index < -0.39 is 0 Å². The molecule has 3 rings (SSSR count). The Kier molecular flexibility index (Phi) is 4.42. The Morgan fingerprint density at radius 1 is 1.08 bits per heavy atom. The molecular formula is C19H19NO4. The monoisotopic (exact) mass is 325 g/mol. The molecule has 0 saturated carbocycles. The summed E-state index contributed by atoms with van der Waals surface area (Å²) in [7, 11) is 1.63. The van der Waals surface area contributed by atoms with Crippen molar-refractivity contribution >= 4 is 0 Å². The molecular weight excluding hydrogens is 306 g/mol. The van der Waals surface area contributed by atoms with Crippen molar-refractivity contribution in [1.82, 2.24) is 5.16 Å². The van der Waals surface area contributed by atoms with Crippen LogP contribution in [0.3, 0.4) is 0 Å². The number of benzene rings is 2. The first kappa shape index (κ1) is 15.9. The molecule has 0 amide bonds. The largest absolute Gasteiger partial charge is 0.507 e. The van der Waals surface area contributed by atoms with Gasteiger partial charge in [0.05, 0.1) is 30.5 Å². The van der Waals surface area contributed by atoms with Gasteiger partial charge in [-0.25, -0.2) is 0 Å². The van der Waals surface area contributed by atoms with Gasteiger partial charge in [0, 0.05) is 6.07 Å². The molecule has 1 aromatic heterocycles. The Balaban J connectivity index is 2.06. The first-order valence-corrected chi connectivity index (χ1v) is 7.71. The zero-order chi connectivity index (χ0) is 17.1. The molecule has 124 valence electrons. The molecule has 0 fully saturated rings. The van der Waals surface area contributed by atoms with E-state index in [-0.39, 0.29) is 5.75 Å². The van der Waals surface area contributed by atoms with E-state index in [9.17, 15) is 5.11 Å². The SMILES string of the molecule is CCOc1ccc(-c2onc(C)c2-c2ccc(OC)cc2)c(O)c1. The number of hydrogen-bond acceptors (Lipinski definition) is 5. The van der Waals surface area contributed by atoms with Crippen LogP contribution in [-0.4, -0.2) is 24.0 Å². The molecule has 5 nitrogen and oxygen atoms in total. The molecule has 0 bridgehead atoms. The van der Waals surface area contributed by atoms with Gasteiger partial charge in [0.25, 0.3) is 0 Å². The molecule has 0 aliphatic heterocycles. The van der Waals surface area contributed by atoms with Crippen LogP contribution >= 0.6 is 0 Å². The lowest BCUT2D eigenvalue weighted by Crippen LogP contribution is -1.91. The molecule has 0 saturated heterocycles. The summed E-state index contributed by atoms with van der Waals surface area (Å²) in [5, 5.41) is 14.4. The summed E-state index contributed by atoms with van der Waals surface area (Å²) < 4.78 is 16.1. The van der Waals surface area contributed by atoms with Gasteiger partial charge in [-0.3, -0.25) is 0 Å². The molecule has 0 aliphatic rings. The van der Waals surface area contributed by atoms with Crippen molar-refractivity contribution in [2.45, 2.75) is 13.8 Å². The number of nitrogens with zero attached hydrogens (tertiary/aromatic N) is 1. The number of ether oxygens (including phenoxy) is 2. The lowest BCUT2D eigenvalue weighted by atomic mass is 9.99. The molecule has 0 atom stereocenters. The molecule has 1 heterocycles. The number of methoxy groups -OCH3 is 1. The van der Waals surface area contributed by atoms with Crippen molar-refractivity contribution < 1.29 is 19.1 Å². The van der Waals surface area contributed by atoms with Crippen molar-refractivity contribution in [2.24, 2.45) is 0 Å². The van der Waals surface area contributed by atoms with Crippen LogP contribution in [-0.2, 0) is 0 Å². The molecule has 5 heteroatoms. The molecule has 24 heavy (non-hydrogen) atoms. The van der Waals surface area contributed by atoms with Crippen molar-refractivity contribution in [3.63, 3.8) is 0 Å². The van der Waals surface area contributed by atoms with Gasteiger partial charge in [-0.15, -0.1) is 0 Å². The highest BCUT2D eigenvalue weighted by Crippen LogP contribution is 2.40.